The lowest BCUT2D eigenvalue weighted by atomic mass is 10.2. The molecule has 0 saturated heterocycles. The molecule has 0 fully saturated rings. The van der Waals surface area contributed by atoms with Crippen molar-refractivity contribution in [2.24, 2.45) is 0 Å². The number of nitrogens with zero attached hydrogens (tertiary/aromatic N) is 5. The molecule has 9 nitrogen and oxygen atoms in total. The first kappa shape index (κ1) is 29.4. The van der Waals surface area contributed by atoms with Crippen LogP contribution in [-0.4, -0.2) is 73.2 Å². The number of amides is 1. The molecule has 1 amide bonds. The maximum atomic E-state index is 12.9. The molecule has 12 heteroatoms. The Hall–Kier alpha value is -4.19. The van der Waals surface area contributed by atoms with Crippen molar-refractivity contribution < 1.29 is 27.9 Å². The summed E-state index contributed by atoms with van der Waals surface area (Å²) in [5, 5.41) is 10.2. The van der Waals surface area contributed by atoms with E-state index < -0.39 is 12.1 Å². The summed E-state index contributed by atoms with van der Waals surface area (Å²) in [5.41, 5.74) is 3.15. The fourth-order valence-corrected chi connectivity index (χ4v) is 3.87. The first-order chi connectivity index (χ1) is 18.6. The van der Waals surface area contributed by atoms with Crippen LogP contribution in [-0.2, 0) is 11.3 Å². The molecule has 4 aromatic rings. The van der Waals surface area contributed by atoms with Gasteiger partial charge in [0.15, 0.2) is 11.5 Å². The van der Waals surface area contributed by atoms with Crippen molar-refractivity contribution in [2.45, 2.75) is 33.0 Å². The van der Waals surface area contributed by atoms with Crippen LogP contribution in [0.15, 0.2) is 67.3 Å². The number of carboxylic acids is 1. The number of rotatable bonds is 10. The highest BCUT2D eigenvalue weighted by atomic mass is 19.4. The topological polar surface area (TPSA) is 105 Å². The van der Waals surface area contributed by atoms with Gasteiger partial charge in [0, 0.05) is 25.5 Å². The number of nitrogens with one attached hydrogen (secondary N) is 1. The van der Waals surface area contributed by atoms with Crippen LogP contribution in [0.1, 0.15) is 36.3 Å². The number of carbonyl (C=O) groups is 2. The molecule has 0 aliphatic rings. The van der Waals surface area contributed by atoms with Crippen LogP contribution in [0.25, 0.3) is 17.0 Å². The molecule has 0 spiro atoms. The second-order valence-corrected chi connectivity index (χ2v) is 8.60. The lowest BCUT2D eigenvalue weighted by molar-refractivity contribution is -0.192. The number of hydrogen-bond acceptors (Lipinski definition) is 5. The summed E-state index contributed by atoms with van der Waals surface area (Å²) in [6, 6.07) is 16.0. The fraction of sp³-hybridized carbons (Fsp3) is 0.333. The average molecular weight is 545 g/mol. The van der Waals surface area contributed by atoms with Gasteiger partial charge in [-0.3, -0.25) is 9.20 Å². The van der Waals surface area contributed by atoms with Crippen LogP contribution in [0.3, 0.4) is 0 Å². The van der Waals surface area contributed by atoms with Gasteiger partial charge < -0.3 is 19.9 Å². The Bertz CT molecular complexity index is 1360. The highest BCUT2D eigenvalue weighted by molar-refractivity contribution is 5.99. The summed E-state index contributed by atoms with van der Waals surface area (Å²) in [4.78, 5) is 33.4. The minimum atomic E-state index is -5.08. The molecule has 1 aromatic carbocycles. The smallest absolute Gasteiger partial charge is 0.475 e. The van der Waals surface area contributed by atoms with Crippen LogP contribution in [0.4, 0.5) is 13.2 Å². The maximum absolute atomic E-state index is 12.9. The summed E-state index contributed by atoms with van der Waals surface area (Å²) >= 11 is 0. The number of halogens is 3. The Morgan fingerprint density at radius 2 is 1.72 bits per heavy atom. The van der Waals surface area contributed by atoms with E-state index >= 15 is 0 Å². The van der Waals surface area contributed by atoms with Crippen molar-refractivity contribution in [1.82, 2.24) is 29.2 Å². The molecule has 2 N–H and O–H groups in total. The summed E-state index contributed by atoms with van der Waals surface area (Å²) < 4.78 is 35.7. The van der Waals surface area contributed by atoms with Crippen molar-refractivity contribution >= 4 is 17.4 Å². The average Bonchev–Trinajstić information content (AvgIpc) is 3.54. The number of benzene rings is 1. The molecule has 0 bridgehead atoms. The van der Waals surface area contributed by atoms with Gasteiger partial charge >= 0.3 is 12.1 Å². The van der Waals surface area contributed by atoms with Crippen LogP contribution in [0, 0.1) is 0 Å². The number of aliphatic carboxylic acids is 1. The summed E-state index contributed by atoms with van der Waals surface area (Å²) in [6.07, 6.45) is 1.53. The summed E-state index contributed by atoms with van der Waals surface area (Å²) in [7, 11) is 0. The van der Waals surface area contributed by atoms with Gasteiger partial charge in [0.1, 0.15) is 5.69 Å². The third kappa shape index (κ3) is 8.14. The van der Waals surface area contributed by atoms with Gasteiger partial charge in [0.05, 0.1) is 11.8 Å². The number of aromatic nitrogens is 4. The van der Waals surface area contributed by atoms with E-state index in [-0.39, 0.29) is 5.91 Å². The summed E-state index contributed by atoms with van der Waals surface area (Å²) in [6.45, 7) is 8.69. The number of fused-ring (bicyclic) bond motifs is 1. The lowest BCUT2D eigenvalue weighted by Crippen LogP contribution is -2.30. The number of alkyl halides is 3. The minimum Gasteiger partial charge on any atom is -0.475 e. The van der Waals surface area contributed by atoms with Crippen LogP contribution < -0.4 is 5.32 Å². The second-order valence-electron chi connectivity index (χ2n) is 8.60. The molecule has 208 valence electrons. The van der Waals surface area contributed by atoms with E-state index in [2.05, 4.69) is 41.2 Å². The van der Waals surface area contributed by atoms with Crippen LogP contribution in [0.2, 0.25) is 0 Å². The van der Waals surface area contributed by atoms with E-state index in [9.17, 15) is 18.0 Å². The van der Waals surface area contributed by atoms with E-state index in [0.717, 1.165) is 43.8 Å². The van der Waals surface area contributed by atoms with E-state index in [0.29, 0.717) is 18.1 Å². The number of carbonyl (C=O) groups excluding carboxylic acids is 1. The Balaban J connectivity index is 0.000000532. The van der Waals surface area contributed by atoms with Gasteiger partial charge in [-0.15, -0.1) is 0 Å². The zero-order valence-corrected chi connectivity index (χ0v) is 21.7. The van der Waals surface area contributed by atoms with E-state index in [1.165, 1.54) is 5.56 Å². The number of pyridine rings is 1. The van der Waals surface area contributed by atoms with Gasteiger partial charge in [-0.1, -0.05) is 50.2 Å². The first-order valence-corrected chi connectivity index (χ1v) is 12.5. The van der Waals surface area contributed by atoms with Crippen LogP contribution in [0.5, 0.6) is 0 Å². The Morgan fingerprint density at radius 1 is 1.05 bits per heavy atom. The van der Waals surface area contributed by atoms with Gasteiger partial charge in [0.25, 0.3) is 5.91 Å². The molecule has 0 aliphatic carbocycles. The van der Waals surface area contributed by atoms with Gasteiger partial charge in [-0.25, -0.2) is 14.8 Å². The number of imidazole rings is 2. The third-order valence-corrected chi connectivity index (χ3v) is 5.91. The predicted octanol–water partition coefficient (Wildman–Crippen LogP) is 4.34. The molecule has 0 aliphatic heterocycles. The van der Waals surface area contributed by atoms with Crippen molar-refractivity contribution in [3.8, 4) is 11.5 Å². The summed E-state index contributed by atoms with van der Waals surface area (Å²) in [5.74, 6) is -2.24. The molecular formula is C27H31F3N6O3. The lowest BCUT2D eigenvalue weighted by Gasteiger charge is -2.17. The fourth-order valence-electron chi connectivity index (χ4n) is 3.87. The highest BCUT2D eigenvalue weighted by Gasteiger charge is 2.38. The Morgan fingerprint density at radius 3 is 2.36 bits per heavy atom. The largest absolute Gasteiger partial charge is 0.490 e. The van der Waals surface area contributed by atoms with Crippen molar-refractivity contribution in [1.29, 1.82) is 0 Å². The van der Waals surface area contributed by atoms with Gasteiger partial charge in [-0.2, -0.15) is 13.2 Å². The van der Waals surface area contributed by atoms with Crippen molar-refractivity contribution in [3.63, 3.8) is 0 Å². The zero-order valence-electron chi connectivity index (χ0n) is 21.7. The van der Waals surface area contributed by atoms with Crippen molar-refractivity contribution in [3.05, 3.63) is 78.5 Å². The quantitative estimate of drug-likeness (QED) is 0.288. The van der Waals surface area contributed by atoms with E-state index in [1.807, 2.05) is 57.8 Å². The standard InChI is InChI=1S/C25H30N6O.C2HF3O2/c1-3-29(4-2)15-10-14-26-25(32)23-22-13-8-9-16-31(22)24(28-23)21-18-30(19-27-21)17-20-11-6-5-7-12-20;3-2(4,5)1(6)7/h5-9,11-13,16,18-19H,3-4,10,14-15,17H2,1-2H3,(H,26,32);(H,6,7). The highest BCUT2D eigenvalue weighted by Crippen LogP contribution is 2.22. The van der Waals surface area contributed by atoms with Gasteiger partial charge in [0.2, 0.25) is 0 Å². The second kappa shape index (κ2) is 13.6. The monoisotopic (exact) mass is 544 g/mol. The Labute approximate surface area is 223 Å². The molecule has 3 aromatic heterocycles. The van der Waals surface area contributed by atoms with E-state index in [4.69, 9.17) is 14.9 Å². The SMILES string of the molecule is CCN(CC)CCCNC(=O)c1nc(-c2cn(Cc3ccccc3)cn2)n2ccccc12.O=C(O)C(F)(F)F. The molecule has 0 radical (unpaired) electrons. The first-order valence-electron chi connectivity index (χ1n) is 12.5. The minimum absolute atomic E-state index is 0.150. The van der Waals surface area contributed by atoms with Crippen LogP contribution >= 0.6 is 0 Å². The molecule has 0 unspecified atom stereocenters. The molecular weight excluding hydrogens is 513 g/mol. The maximum Gasteiger partial charge on any atom is 0.490 e. The third-order valence-electron chi connectivity index (χ3n) is 5.91. The zero-order chi connectivity index (χ0) is 28.4. The molecule has 3 heterocycles. The Kier molecular flexibility index (Phi) is 10.2. The van der Waals surface area contributed by atoms with Crippen molar-refractivity contribution in [2.75, 3.05) is 26.2 Å². The normalized spacial score (nSPS) is 11.3. The van der Waals surface area contributed by atoms with E-state index in [1.54, 1.807) is 6.33 Å². The molecule has 0 saturated carbocycles. The molecule has 0 atom stereocenters. The number of hydrogen-bond donors (Lipinski definition) is 2. The molecule has 39 heavy (non-hydrogen) atoms. The number of carboxylic acid groups (broad SMARTS) is 1. The molecule has 4 rings (SSSR count). The van der Waals surface area contributed by atoms with Gasteiger partial charge in [-0.05, 0) is 43.8 Å². The predicted molar refractivity (Wildman–Crippen MR) is 140 cm³/mol.